The molecule has 1 unspecified atom stereocenters. The zero-order valence-electron chi connectivity index (χ0n) is 19.4. The number of allylic oxidation sites excluding steroid dienone is 2. The largest absolute Gasteiger partial charge is 0.493 e. The van der Waals surface area contributed by atoms with Crippen LogP contribution < -0.4 is 9.47 Å². The molecular weight excluding hydrogens is 670 g/mol. The van der Waals surface area contributed by atoms with Gasteiger partial charge < -0.3 is 14.2 Å². The maximum absolute atomic E-state index is 13.0. The summed E-state index contributed by atoms with van der Waals surface area (Å²) in [5.74, 6) is 1.16. The molecule has 1 atom stereocenters. The highest BCUT2D eigenvalue weighted by Gasteiger charge is 2.57. The first-order valence-corrected chi connectivity index (χ1v) is 14.2. The first kappa shape index (κ1) is 24.8. The summed E-state index contributed by atoms with van der Waals surface area (Å²) < 4.78 is 17.6. The second-order valence-electron chi connectivity index (χ2n) is 9.05. The van der Waals surface area contributed by atoms with Crippen LogP contribution in [0.3, 0.4) is 0 Å². The quantitative estimate of drug-likeness (QED) is 0.127. The fourth-order valence-electron chi connectivity index (χ4n) is 4.90. The van der Waals surface area contributed by atoms with Crippen LogP contribution in [0.25, 0.3) is 0 Å². The Morgan fingerprint density at radius 3 is 2.54 bits per heavy atom. The maximum atomic E-state index is 13.0. The molecule has 2 heterocycles. The molecule has 0 N–H and O–H groups in total. The van der Waals surface area contributed by atoms with Gasteiger partial charge in [0.25, 0.3) is 0 Å². The molecular formula is C28H26I2O5. The third kappa shape index (κ3) is 4.43. The highest BCUT2D eigenvalue weighted by Crippen LogP contribution is 2.57. The molecule has 0 saturated heterocycles. The monoisotopic (exact) mass is 696 g/mol. The Hall–Kier alpha value is -1.88. The molecule has 0 fully saturated rings. The second kappa shape index (κ2) is 9.88. The van der Waals surface area contributed by atoms with Gasteiger partial charge in [0.1, 0.15) is 17.3 Å². The Kier molecular flexibility index (Phi) is 7.00. The van der Waals surface area contributed by atoms with Crippen LogP contribution in [0.5, 0.6) is 11.5 Å². The van der Waals surface area contributed by atoms with Crippen LogP contribution in [0.4, 0.5) is 0 Å². The molecule has 2 aromatic rings. The molecule has 1 aliphatic carbocycles. The fraction of sp³-hybridized carbons (Fsp3) is 0.357. The summed E-state index contributed by atoms with van der Waals surface area (Å²) in [6.45, 7) is 2.85. The van der Waals surface area contributed by atoms with Crippen molar-refractivity contribution in [3.63, 3.8) is 0 Å². The van der Waals surface area contributed by atoms with Crippen molar-refractivity contribution in [2.75, 3.05) is 6.61 Å². The van der Waals surface area contributed by atoms with Crippen molar-refractivity contribution in [3.8, 4) is 11.5 Å². The van der Waals surface area contributed by atoms with E-state index >= 15 is 0 Å². The lowest BCUT2D eigenvalue weighted by Crippen LogP contribution is -2.40. The zero-order valence-corrected chi connectivity index (χ0v) is 23.8. The van der Waals surface area contributed by atoms with E-state index in [9.17, 15) is 9.59 Å². The van der Waals surface area contributed by atoms with Crippen LogP contribution in [0.1, 0.15) is 66.9 Å². The van der Waals surface area contributed by atoms with E-state index in [4.69, 9.17) is 14.2 Å². The standard InChI is InChI=1S/C28H26I2O5/c1-2-3-4-5-6-9-14-33-18-12-13-21-23(15-18)34-24-16-25(31)27(29,30)17-22(24)28(21)20-11-8-7-10-19(20)26(32)35-28/h7-8,10-13,15-17H,2-6,9,14H2,1H3. The van der Waals surface area contributed by atoms with Crippen molar-refractivity contribution < 1.29 is 23.8 Å². The Labute approximate surface area is 232 Å². The highest BCUT2D eigenvalue weighted by atomic mass is 127. The maximum Gasteiger partial charge on any atom is 0.340 e. The van der Waals surface area contributed by atoms with Gasteiger partial charge in [0.05, 0.1) is 12.2 Å². The lowest BCUT2D eigenvalue weighted by atomic mass is 9.75. The minimum absolute atomic E-state index is 0.0795. The van der Waals surface area contributed by atoms with E-state index in [1.165, 1.54) is 31.8 Å². The molecule has 2 aromatic carbocycles. The van der Waals surface area contributed by atoms with Gasteiger partial charge in [-0.25, -0.2) is 4.79 Å². The number of carbonyl (C=O) groups is 2. The van der Waals surface area contributed by atoms with E-state index in [-0.39, 0.29) is 11.8 Å². The summed E-state index contributed by atoms with van der Waals surface area (Å²) in [5, 5.41) is 0. The number of hydrogen-bond donors (Lipinski definition) is 0. The van der Waals surface area contributed by atoms with Crippen molar-refractivity contribution in [2.24, 2.45) is 0 Å². The minimum atomic E-state index is -1.17. The van der Waals surface area contributed by atoms with E-state index in [0.29, 0.717) is 35.0 Å². The number of esters is 1. The number of hydrogen-bond acceptors (Lipinski definition) is 5. The predicted molar refractivity (Wildman–Crippen MR) is 151 cm³/mol. The molecule has 0 bridgehead atoms. The Balaban J connectivity index is 1.51. The first-order chi connectivity index (χ1) is 16.9. The molecule has 5 nitrogen and oxygen atoms in total. The lowest BCUT2D eigenvalue weighted by molar-refractivity contribution is -0.113. The second-order valence-corrected chi connectivity index (χ2v) is 14.5. The van der Waals surface area contributed by atoms with Crippen molar-refractivity contribution >= 4 is 56.9 Å². The highest BCUT2D eigenvalue weighted by molar-refractivity contribution is 14.2. The SMILES string of the molecule is CCCCCCCCOc1ccc2c(c1)OC1=CC(=O)C(I)(I)C=C1C21OC(=O)c2ccccc21. The van der Waals surface area contributed by atoms with Crippen molar-refractivity contribution in [1.82, 2.24) is 0 Å². The Bertz CT molecular complexity index is 1250. The summed E-state index contributed by atoms with van der Waals surface area (Å²) in [6, 6.07) is 13.1. The predicted octanol–water partition coefficient (Wildman–Crippen LogP) is 7.19. The number of rotatable bonds is 8. The van der Waals surface area contributed by atoms with Gasteiger partial charge in [0, 0.05) is 28.8 Å². The van der Waals surface area contributed by atoms with Crippen molar-refractivity contribution in [1.29, 1.82) is 0 Å². The molecule has 182 valence electrons. The van der Waals surface area contributed by atoms with Crippen LogP contribution in [-0.2, 0) is 15.1 Å². The molecule has 35 heavy (non-hydrogen) atoms. The molecule has 0 saturated carbocycles. The fourth-order valence-corrected chi connectivity index (χ4v) is 5.83. The molecule has 7 heteroatoms. The number of ether oxygens (including phenoxy) is 3. The van der Waals surface area contributed by atoms with Gasteiger partial charge in [-0.2, -0.15) is 0 Å². The number of carbonyl (C=O) groups excluding carboxylic acids is 2. The van der Waals surface area contributed by atoms with Crippen molar-refractivity contribution in [3.05, 3.63) is 82.6 Å². The summed E-state index contributed by atoms with van der Waals surface area (Å²) in [5.41, 5.74) is 1.50. The normalized spacial score (nSPS) is 21.3. The molecule has 0 radical (unpaired) electrons. The molecule has 5 rings (SSSR count). The summed E-state index contributed by atoms with van der Waals surface area (Å²) in [7, 11) is 0. The zero-order chi connectivity index (χ0) is 24.6. The van der Waals surface area contributed by atoms with Crippen LogP contribution in [-0.4, -0.2) is 19.8 Å². The van der Waals surface area contributed by atoms with Crippen LogP contribution in [0.2, 0.25) is 0 Å². The van der Waals surface area contributed by atoms with Gasteiger partial charge in [-0.05, 0) is 30.7 Å². The summed E-state index contributed by atoms with van der Waals surface area (Å²) in [6.07, 6.45) is 10.5. The van der Waals surface area contributed by atoms with Gasteiger partial charge in [-0.1, -0.05) is 102 Å². The number of benzene rings is 2. The lowest BCUT2D eigenvalue weighted by Gasteiger charge is -2.40. The average Bonchev–Trinajstić information content (AvgIpc) is 3.13. The minimum Gasteiger partial charge on any atom is -0.493 e. The molecule has 0 aromatic heterocycles. The molecule has 3 aliphatic rings. The summed E-state index contributed by atoms with van der Waals surface area (Å²) >= 11 is 4.23. The van der Waals surface area contributed by atoms with E-state index in [0.717, 1.165) is 24.0 Å². The summed E-state index contributed by atoms with van der Waals surface area (Å²) in [4.78, 5) is 25.8. The molecule has 2 aliphatic heterocycles. The third-order valence-electron chi connectivity index (χ3n) is 6.65. The average molecular weight is 696 g/mol. The number of ketones is 1. The van der Waals surface area contributed by atoms with Gasteiger partial charge >= 0.3 is 5.97 Å². The van der Waals surface area contributed by atoms with Crippen LogP contribution in [0.15, 0.2) is 65.9 Å². The number of fused-ring (bicyclic) bond motifs is 6. The molecule has 1 spiro atoms. The van der Waals surface area contributed by atoms with E-state index in [1.54, 1.807) is 6.07 Å². The van der Waals surface area contributed by atoms with Crippen molar-refractivity contribution in [2.45, 2.75) is 52.5 Å². The number of halogens is 2. The number of unbranched alkanes of at least 4 members (excludes halogenated alkanes) is 5. The topological polar surface area (TPSA) is 61.8 Å². The smallest absolute Gasteiger partial charge is 0.340 e. The molecule has 0 amide bonds. The van der Waals surface area contributed by atoms with Crippen LogP contribution in [0, 0.1) is 0 Å². The van der Waals surface area contributed by atoms with Gasteiger partial charge in [-0.3, -0.25) is 4.79 Å². The first-order valence-electron chi connectivity index (χ1n) is 12.0. The van der Waals surface area contributed by atoms with Gasteiger partial charge in [0.15, 0.2) is 12.8 Å². The van der Waals surface area contributed by atoms with Crippen LogP contribution >= 0.6 is 45.2 Å². The van der Waals surface area contributed by atoms with E-state index < -0.39 is 7.03 Å². The van der Waals surface area contributed by atoms with E-state index in [2.05, 4.69) is 52.1 Å². The van der Waals surface area contributed by atoms with Gasteiger partial charge in [-0.15, -0.1) is 0 Å². The Morgan fingerprint density at radius 2 is 1.71 bits per heavy atom. The Morgan fingerprint density at radius 1 is 0.943 bits per heavy atom. The van der Waals surface area contributed by atoms with E-state index in [1.807, 2.05) is 42.5 Å². The van der Waals surface area contributed by atoms with Gasteiger partial charge in [0.2, 0.25) is 0 Å². The third-order valence-corrected chi connectivity index (χ3v) is 8.34. The number of alkyl halides is 2.